The van der Waals surface area contributed by atoms with Gasteiger partial charge in [-0.05, 0) is 24.3 Å². The van der Waals surface area contributed by atoms with E-state index in [1.54, 1.807) is 0 Å². The predicted octanol–water partition coefficient (Wildman–Crippen LogP) is 4.16. The van der Waals surface area contributed by atoms with E-state index in [2.05, 4.69) is 9.72 Å². The van der Waals surface area contributed by atoms with E-state index in [4.69, 9.17) is 4.74 Å². The van der Waals surface area contributed by atoms with Crippen LogP contribution in [0.5, 0.6) is 11.5 Å². The van der Waals surface area contributed by atoms with Crippen LogP contribution in [0.25, 0.3) is 10.9 Å². The molecule has 0 amide bonds. The minimum Gasteiger partial charge on any atom is -0.465 e. The van der Waals surface area contributed by atoms with Gasteiger partial charge < -0.3 is 14.5 Å². The number of H-pyrrole nitrogens is 1. The maximum absolute atomic E-state index is 14.1. The van der Waals surface area contributed by atoms with Crippen LogP contribution < -0.4 is 4.74 Å². The molecule has 0 aliphatic carbocycles. The molecule has 3 rings (SSSR count). The third-order valence-electron chi connectivity index (χ3n) is 3.26. The van der Waals surface area contributed by atoms with Gasteiger partial charge in [0.05, 0.1) is 12.6 Å². The number of esters is 1. The Bertz CT molecular complexity index is 905. The summed E-state index contributed by atoms with van der Waals surface area (Å²) in [5.41, 5.74) is -0.120. The molecule has 1 N–H and O–H groups in total. The van der Waals surface area contributed by atoms with E-state index in [1.807, 2.05) is 0 Å². The number of aromatic nitrogens is 1. The van der Waals surface area contributed by atoms with Crippen LogP contribution in [0, 0.1) is 17.5 Å². The number of hydrogen-bond acceptors (Lipinski definition) is 3. The van der Waals surface area contributed by atoms with Gasteiger partial charge >= 0.3 is 5.97 Å². The summed E-state index contributed by atoms with van der Waals surface area (Å²) in [6.45, 7) is 0. The van der Waals surface area contributed by atoms with Gasteiger partial charge in [-0.2, -0.15) is 4.39 Å². The van der Waals surface area contributed by atoms with Crippen LogP contribution in [0.2, 0.25) is 0 Å². The Morgan fingerprint density at radius 1 is 1.04 bits per heavy atom. The molecule has 23 heavy (non-hydrogen) atoms. The average molecular weight is 321 g/mol. The smallest absolute Gasteiger partial charge is 0.341 e. The molecule has 3 aromatic rings. The molecule has 1 heterocycles. The largest absolute Gasteiger partial charge is 0.465 e. The molecule has 118 valence electrons. The van der Waals surface area contributed by atoms with Crippen LogP contribution in [0.4, 0.5) is 13.2 Å². The van der Waals surface area contributed by atoms with E-state index in [0.717, 1.165) is 25.3 Å². The lowest BCUT2D eigenvalue weighted by Crippen LogP contribution is -2.05. The molecule has 0 bridgehead atoms. The molecular weight excluding hydrogens is 311 g/mol. The van der Waals surface area contributed by atoms with Crippen LogP contribution in [0.1, 0.15) is 10.4 Å². The standard InChI is InChI=1S/C16H10F3NO3/c1-22-16(21)10-3-2-9(17)7-11(10)23-12-6-8-4-5-20-15(8)14(19)13(12)18/h2-7,20H,1H3. The highest BCUT2D eigenvalue weighted by molar-refractivity contribution is 5.92. The molecule has 0 aliphatic heterocycles. The number of ether oxygens (including phenoxy) is 2. The average Bonchev–Trinajstić information content (AvgIpc) is 3.00. The number of benzene rings is 2. The van der Waals surface area contributed by atoms with Gasteiger partial charge in [-0.15, -0.1) is 0 Å². The van der Waals surface area contributed by atoms with Gasteiger partial charge in [0.1, 0.15) is 17.1 Å². The highest BCUT2D eigenvalue weighted by Crippen LogP contribution is 2.33. The van der Waals surface area contributed by atoms with E-state index in [9.17, 15) is 18.0 Å². The second-order valence-electron chi connectivity index (χ2n) is 4.68. The molecule has 0 atom stereocenters. The van der Waals surface area contributed by atoms with Crippen molar-refractivity contribution in [3.05, 3.63) is 59.5 Å². The number of methoxy groups -OCH3 is 1. The first kappa shape index (κ1) is 15.0. The topological polar surface area (TPSA) is 51.3 Å². The Morgan fingerprint density at radius 2 is 1.83 bits per heavy atom. The van der Waals surface area contributed by atoms with Crippen LogP contribution >= 0.6 is 0 Å². The van der Waals surface area contributed by atoms with Gasteiger partial charge in [0, 0.05) is 17.6 Å². The highest BCUT2D eigenvalue weighted by Gasteiger charge is 2.20. The monoisotopic (exact) mass is 321 g/mol. The zero-order valence-electron chi connectivity index (χ0n) is 11.8. The zero-order valence-corrected chi connectivity index (χ0v) is 11.8. The number of nitrogens with one attached hydrogen (secondary N) is 1. The van der Waals surface area contributed by atoms with Gasteiger partial charge in [0.2, 0.25) is 5.82 Å². The summed E-state index contributed by atoms with van der Waals surface area (Å²) in [5, 5.41) is 0.370. The summed E-state index contributed by atoms with van der Waals surface area (Å²) in [4.78, 5) is 14.2. The SMILES string of the molecule is COC(=O)c1ccc(F)cc1Oc1cc2cc[nH]c2c(F)c1F. The summed E-state index contributed by atoms with van der Waals surface area (Å²) < 4.78 is 51.2. The minimum atomic E-state index is -1.25. The van der Waals surface area contributed by atoms with Crippen molar-refractivity contribution in [2.75, 3.05) is 7.11 Å². The quantitative estimate of drug-likeness (QED) is 0.737. The highest BCUT2D eigenvalue weighted by atomic mass is 19.2. The molecule has 0 saturated heterocycles. The van der Waals surface area contributed by atoms with Crippen LogP contribution in [0.3, 0.4) is 0 Å². The zero-order chi connectivity index (χ0) is 16.6. The predicted molar refractivity (Wildman–Crippen MR) is 76.0 cm³/mol. The second kappa shape index (κ2) is 5.68. The van der Waals surface area contributed by atoms with Crippen LogP contribution in [-0.4, -0.2) is 18.1 Å². The Labute approximate surface area is 128 Å². The van der Waals surface area contributed by atoms with Gasteiger partial charge in [0.15, 0.2) is 11.6 Å². The lowest BCUT2D eigenvalue weighted by atomic mass is 10.2. The molecule has 0 radical (unpaired) electrons. The van der Waals surface area contributed by atoms with E-state index in [-0.39, 0.29) is 16.8 Å². The first-order valence-corrected chi connectivity index (χ1v) is 6.52. The summed E-state index contributed by atoms with van der Waals surface area (Å²) >= 11 is 0. The molecule has 4 nitrogen and oxygen atoms in total. The van der Waals surface area contributed by atoms with E-state index < -0.39 is 29.2 Å². The van der Waals surface area contributed by atoms with E-state index in [1.165, 1.54) is 18.3 Å². The molecule has 7 heteroatoms. The van der Waals surface area contributed by atoms with Crippen LogP contribution in [0.15, 0.2) is 36.5 Å². The number of halogens is 3. The number of fused-ring (bicyclic) bond motifs is 1. The lowest BCUT2D eigenvalue weighted by Gasteiger charge is -2.11. The van der Waals surface area contributed by atoms with Crippen LogP contribution in [-0.2, 0) is 4.74 Å². The lowest BCUT2D eigenvalue weighted by molar-refractivity contribution is 0.0597. The molecule has 0 saturated carbocycles. The Morgan fingerprint density at radius 3 is 2.57 bits per heavy atom. The number of hydrogen-bond donors (Lipinski definition) is 1. The van der Waals surface area contributed by atoms with Gasteiger partial charge in [-0.3, -0.25) is 0 Å². The summed E-state index contributed by atoms with van der Waals surface area (Å²) in [6, 6.07) is 5.84. The molecular formula is C16H10F3NO3. The number of aromatic amines is 1. The van der Waals surface area contributed by atoms with E-state index in [0.29, 0.717) is 5.39 Å². The molecule has 0 spiro atoms. The molecule has 1 aromatic heterocycles. The Balaban J connectivity index is 2.10. The second-order valence-corrected chi connectivity index (χ2v) is 4.68. The molecule has 0 aliphatic rings. The van der Waals surface area contributed by atoms with Crippen molar-refractivity contribution >= 4 is 16.9 Å². The van der Waals surface area contributed by atoms with Crippen molar-refractivity contribution in [2.45, 2.75) is 0 Å². The van der Waals surface area contributed by atoms with Gasteiger partial charge in [0.25, 0.3) is 0 Å². The third-order valence-corrected chi connectivity index (χ3v) is 3.26. The Kier molecular flexibility index (Phi) is 3.69. The minimum absolute atomic E-state index is 0.0118. The Hall–Kier alpha value is -2.96. The van der Waals surface area contributed by atoms with Crippen molar-refractivity contribution in [2.24, 2.45) is 0 Å². The van der Waals surface area contributed by atoms with Crippen molar-refractivity contribution < 1.29 is 27.4 Å². The fraction of sp³-hybridized carbons (Fsp3) is 0.0625. The van der Waals surface area contributed by atoms with E-state index >= 15 is 0 Å². The first-order chi connectivity index (χ1) is 11.0. The molecule has 0 fully saturated rings. The fourth-order valence-electron chi connectivity index (χ4n) is 2.17. The summed E-state index contributed by atoms with van der Waals surface area (Å²) in [7, 11) is 1.14. The maximum Gasteiger partial charge on any atom is 0.341 e. The number of rotatable bonds is 3. The fourth-order valence-corrected chi connectivity index (χ4v) is 2.17. The first-order valence-electron chi connectivity index (χ1n) is 6.52. The summed E-state index contributed by atoms with van der Waals surface area (Å²) in [5.74, 6) is -4.60. The van der Waals surface area contributed by atoms with Gasteiger partial charge in [-0.25, -0.2) is 13.6 Å². The third kappa shape index (κ3) is 2.61. The van der Waals surface area contributed by atoms with Crippen molar-refractivity contribution in [1.29, 1.82) is 0 Å². The summed E-state index contributed by atoms with van der Waals surface area (Å²) in [6.07, 6.45) is 1.44. The number of carbonyl (C=O) groups excluding carboxylic acids is 1. The van der Waals surface area contributed by atoms with Crippen molar-refractivity contribution in [1.82, 2.24) is 4.98 Å². The maximum atomic E-state index is 14.1. The van der Waals surface area contributed by atoms with Crippen molar-refractivity contribution in [3.8, 4) is 11.5 Å². The number of carbonyl (C=O) groups is 1. The molecule has 0 unspecified atom stereocenters. The molecule has 2 aromatic carbocycles. The van der Waals surface area contributed by atoms with Crippen molar-refractivity contribution in [3.63, 3.8) is 0 Å². The van der Waals surface area contributed by atoms with Gasteiger partial charge in [-0.1, -0.05) is 0 Å². The normalized spacial score (nSPS) is 10.8.